The van der Waals surface area contributed by atoms with Crippen LogP contribution in [0, 0.1) is 11.6 Å². The number of halogens is 2. The Labute approximate surface area is 155 Å². The van der Waals surface area contributed by atoms with Gasteiger partial charge in [-0.05, 0) is 24.3 Å². The Morgan fingerprint density at radius 3 is 2.61 bits per heavy atom. The molecule has 1 aromatic heterocycles. The average Bonchev–Trinajstić information content (AvgIpc) is 2.66. The monoisotopic (exact) mass is 389 g/mol. The number of hydrogen-bond donors (Lipinski definition) is 2. The SMILES string of the molecule is O=C(COC(=O)Cn1c(=O)[nH]c(=O)c2ccccc21)Nc1ccc(F)cc1F. The molecular weight excluding hydrogens is 376 g/mol. The molecular formula is C18H13F2N3O5. The molecule has 0 saturated heterocycles. The number of benzene rings is 2. The van der Waals surface area contributed by atoms with Crippen LogP contribution < -0.4 is 16.6 Å². The predicted molar refractivity (Wildman–Crippen MR) is 94.8 cm³/mol. The minimum atomic E-state index is -0.981. The van der Waals surface area contributed by atoms with Crippen LogP contribution in [0.25, 0.3) is 10.9 Å². The molecule has 1 amide bonds. The average molecular weight is 389 g/mol. The number of carbonyl (C=O) groups is 2. The first-order valence-corrected chi connectivity index (χ1v) is 7.97. The lowest BCUT2D eigenvalue weighted by Gasteiger charge is -2.10. The minimum absolute atomic E-state index is 0.208. The highest BCUT2D eigenvalue weighted by atomic mass is 19.1. The minimum Gasteiger partial charge on any atom is -0.454 e. The van der Waals surface area contributed by atoms with Crippen molar-refractivity contribution in [2.75, 3.05) is 11.9 Å². The van der Waals surface area contributed by atoms with Crippen molar-refractivity contribution in [1.29, 1.82) is 0 Å². The molecule has 144 valence electrons. The van der Waals surface area contributed by atoms with Crippen LogP contribution in [0.2, 0.25) is 0 Å². The van der Waals surface area contributed by atoms with Crippen molar-refractivity contribution < 1.29 is 23.1 Å². The maximum Gasteiger partial charge on any atom is 0.329 e. The molecule has 1 heterocycles. The Hall–Kier alpha value is -3.82. The van der Waals surface area contributed by atoms with E-state index in [4.69, 9.17) is 4.74 Å². The van der Waals surface area contributed by atoms with E-state index in [0.717, 1.165) is 16.7 Å². The lowest BCUT2D eigenvalue weighted by atomic mass is 10.2. The lowest BCUT2D eigenvalue weighted by molar-refractivity contribution is -0.147. The Balaban J connectivity index is 1.66. The Kier molecular flexibility index (Phi) is 5.30. The van der Waals surface area contributed by atoms with Gasteiger partial charge in [0.2, 0.25) is 0 Å². The summed E-state index contributed by atoms with van der Waals surface area (Å²) < 4.78 is 32.1. The molecule has 0 radical (unpaired) electrons. The number of carbonyl (C=O) groups excluding carboxylic acids is 2. The molecule has 28 heavy (non-hydrogen) atoms. The van der Waals surface area contributed by atoms with Crippen LogP contribution in [0.3, 0.4) is 0 Å². The summed E-state index contributed by atoms with van der Waals surface area (Å²) in [5.41, 5.74) is -1.44. The van der Waals surface area contributed by atoms with Crippen molar-refractivity contribution in [2.24, 2.45) is 0 Å². The van der Waals surface area contributed by atoms with E-state index < -0.39 is 47.9 Å². The summed E-state index contributed by atoms with van der Waals surface area (Å²) in [5, 5.41) is 2.34. The molecule has 0 aliphatic heterocycles. The van der Waals surface area contributed by atoms with Crippen LogP contribution in [-0.2, 0) is 20.9 Å². The summed E-state index contributed by atoms with van der Waals surface area (Å²) in [6, 6.07) is 8.74. The van der Waals surface area contributed by atoms with E-state index in [1.165, 1.54) is 12.1 Å². The number of hydrogen-bond acceptors (Lipinski definition) is 5. The van der Waals surface area contributed by atoms with Gasteiger partial charge in [0, 0.05) is 6.07 Å². The van der Waals surface area contributed by atoms with Crippen molar-refractivity contribution in [3.63, 3.8) is 0 Å². The third-order valence-corrected chi connectivity index (χ3v) is 3.76. The number of fused-ring (bicyclic) bond motifs is 1. The summed E-state index contributed by atoms with van der Waals surface area (Å²) in [7, 11) is 0. The van der Waals surface area contributed by atoms with Gasteiger partial charge in [0.1, 0.15) is 18.2 Å². The second-order valence-electron chi connectivity index (χ2n) is 5.70. The van der Waals surface area contributed by atoms with Gasteiger partial charge in [0.25, 0.3) is 11.5 Å². The Morgan fingerprint density at radius 1 is 1.11 bits per heavy atom. The molecule has 2 N–H and O–H groups in total. The second-order valence-corrected chi connectivity index (χ2v) is 5.70. The number of para-hydroxylation sites is 1. The van der Waals surface area contributed by atoms with E-state index in [1.807, 2.05) is 0 Å². The van der Waals surface area contributed by atoms with Crippen LogP contribution >= 0.6 is 0 Å². The zero-order valence-electron chi connectivity index (χ0n) is 14.2. The van der Waals surface area contributed by atoms with Crippen molar-refractivity contribution in [3.05, 3.63) is 74.9 Å². The Bertz CT molecular complexity index is 1190. The number of aromatic nitrogens is 2. The number of rotatable bonds is 5. The smallest absolute Gasteiger partial charge is 0.329 e. The fourth-order valence-corrected chi connectivity index (χ4v) is 2.50. The zero-order valence-corrected chi connectivity index (χ0v) is 14.2. The highest BCUT2D eigenvalue weighted by Gasteiger charge is 2.14. The van der Waals surface area contributed by atoms with Crippen molar-refractivity contribution in [1.82, 2.24) is 9.55 Å². The number of ether oxygens (including phenoxy) is 1. The molecule has 0 atom stereocenters. The van der Waals surface area contributed by atoms with Crippen molar-refractivity contribution in [3.8, 4) is 0 Å². The third-order valence-electron chi connectivity index (χ3n) is 3.76. The standard InChI is InChI=1S/C18H13F2N3O5/c19-10-5-6-13(12(20)7-10)21-15(24)9-28-16(25)8-23-14-4-2-1-3-11(14)17(26)22-18(23)27/h1-7H,8-9H2,(H,21,24)(H,22,26,27). The van der Waals surface area contributed by atoms with E-state index in [0.29, 0.717) is 6.07 Å². The number of H-pyrrole nitrogens is 1. The summed E-state index contributed by atoms with van der Waals surface area (Å²) in [4.78, 5) is 49.6. The number of nitrogens with one attached hydrogen (secondary N) is 2. The van der Waals surface area contributed by atoms with Gasteiger partial charge in [-0.25, -0.2) is 13.6 Å². The van der Waals surface area contributed by atoms with E-state index in [2.05, 4.69) is 10.3 Å². The molecule has 10 heteroatoms. The zero-order chi connectivity index (χ0) is 20.3. The van der Waals surface area contributed by atoms with Gasteiger partial charge in [0.05, 0.1) is 16.6 Å². The lowest BCUT2D eigenvalue weighted by Crippen LogP contribution is -2.33. The number of aromatic amines is 1. The quantitative estimate of drug-likeness (QED) is 0.636. The molecule has 0 bridgehead atoms. The van der Waals surface area contributed by atoms with E-state index in [9.17, 15) is 28.0 Å². The van der Waals surface area contributed by atoms with Gasteiger partial charge in [-0.1, -0.05) is 12.1 Å². The van der Waals surface area contributed by atoms with Crippen LogP contribution in [0.15, 0.2) is 52.1 Å². The molecule has 0 spiro atoms. The molecule has 2 aromatic carbocycles. The summed E-state index contributed by atoms with van der Waals surface area (Å²) in [5.74, 6) is -3.56. The summed E-state index contributed by atoms with van der Waals surface area (Å²) in [6.07, 6.45) is 0. The van der Waals surface area contributed by atoms with Crippen LogP contribution in [0.4, 0.5) is 14.5 Å². The summed E-state index contributed by atoms with van der Waals surface area (Å²) >= 11 is 0. The molecule has 0 aliphatic carbocycles. The number of amides is 1. The van der Waals surface area contributed by atoms with Crippen LogP contribution in [0.1, 0.15) is 0 Å². The number of esters is 1. The van der Waals surface area contributed by atoms with Gasteiger partial charge in [-0.3, -0.25) is 23.9 Å². The molecule has 3 aromatic rings. The normalized spacial score (nSPS) is 10.6. The fraction of sp³-hybridized carbons (Fsp3) is 0.111. The first-order chi connectivity index (χ1) is 13.3. The first-order valence-electron chi connectivity index (χ1n) is 7.97. The predicted octanol–water partition coefficient (Wildman–Crippen LogP) is 1.15. The van der Waals surface area contributed by atoms with Crippen molar-refractivity contribution >= 4 is 28.5 Å². The maximum atomic E-state index is 13.5. The molecule has 0 fully saturated rings. The van der Waals surface area contributed by atoms with Crippen LogP contribution in [-0.4, -0.2) is 28.0 Å². The topological polar surface area (TPSA) is 110 Å². The molecule has 0 aliphatic rings. The maximum absolute atomic E-state index is 13.5. The van der Waals surface area contributed by atoms with Gasteiger partial charge in [0.15, 0.2) is 6.61 Å². The summed E-state index contributed by atoms with van der Waals surface area (Å²) in [6.45, 7) is -1.29. The number of anilines is 1. The first kappa shape index (κ1) is 19.0. The van der Waals surface area contributed by atoms with Gasteiger partial charge in [-0.2, -0.15) is 0 Å². The molecule has 0 unspecified atom stereocenters. The highest BCUT2D eigenvalue weighted by molar-refractivity contribution is 5.93. The largest absolute Gasteiger partial charge is 0.454 e. The van der Waals surface area contributed by atoms with Gasteiger partial charge in [-0.15, -0.1) is 0 Å². The number of nitrogens with zero attached hydrogens (tertiary/aromatic N) is 1. The van der Waals surface area contributed by atoms with Gasteiger partial charge >= 0.3 is 11.7 Å². The van der Waals surface area contributed by atoms with E-state index in [1.54, 1.807) is 12.1 Å². The third kappa shape index (κ3) is 4.11. The van der Waals surface area contributed by atoms with E-state index in [-0.39, 0.29) is 16.6 Å². The van der Waals surface area contributed by atoms with Gasteiger partial charge < -0.3 is 10.1 Å². The molecule has 3 rings (SSSR count). The van der Waals surface area contributed by atoms with Crippen LogP contribution in [0.5, 0.6) is 0 Å². The highest BCUT2D eigenvalue weighted by Crippen LogP contribution is 2.14. The molecule has 0 saturated carbocycles. The van der Waals surface area contributed by atoms with Crippen molar-refractivity contribution in [2.45, 2.75) is 6.54 Å². The fourth-order valence-electron chi connectivity index (χ4n) is 2.50. The Morgan fingerprint density at radius 2 is 1.86 bits per heavy atom. The molecule has 8 nitrogen and oxygen atoms in total. The van der Waals surface area contributed by atoms with E-state index >= 15 is 0 Å². The second kappa shape index (κ2) is 7.82.